The average molecular weight is 396 g/mol. The summed E-state index contributed by atoms with van der Waals surface area (Å²) in [5.74, 6) is 0.341. The van der Waals surface area contributed by atoms with Crippen LogP contribution in [0.15, 0.2) is 65.5 Å². The molecule has 0 aliphatic rings. The Bertz CT molecular complexity index is 1010. The summed E-state index contributed by atoms with van der Waals surface area (Å²) in [7, 11) is 0. The second-order valence-electron chi connectivity index (χ2n) is 5.96. The van der Waals surface area contributed by atoms with Crippen molar-refractivity contribution >= 4 is 39.2 Å². The van der Waals surface area contributed by atoms with Gasteiger partial charge in [0, 0.05) is 0 Å². The molecule has 1 atom stereocenters. The molecule has 1 amide bonds. The lowest BCUT2D eigenvalue weighted by Gasteiger charge is -2.14. The normalized spacial score (nSPS) is 12.2. The van der Waals surface area contributed by atoms with E-state index in [0.29, 0.717) is 5.75 Å². The number of thioether (sulfide) groups is 1. The van der Waals surface area contributed by atoms with Crippen LogP contribution in [-0.4, -0.2) is 31.4 Å². The molecule has 1 N–H and O–H groups in total. The second kappa shape index (κ2) is 7.89. The molecule has 4 rings (SSSR count). The SMILES string of the molecule is CC(NC(=O)CSc1nc2ccccc2s1)c1ccc(-n2cncn2)cc1. The maximum Gasteiger partial charge on any atom is 0.230 e. The average Bonchev–Trinajstić information content (AvgIpc) is 3.36. The predicted molar refractivity (Wildman–Crippen MR) is 108 cm³/mol. The van der Waals surface area contributed by atoms with E-state index in [1.807, 2.05) is 55.5 Å². The molecule has 6 nitrogen and oxygen atoms in total. The van der Waals surface area contributed by atoms with Gasteiger partial charge < -0.3 is 5.32 Å². The van der Waals surface area contributed by atoms with Crippen molar-refractivity contribution in [2.75, 3.05) is 5.75 Å². The topological polar surface area (TPSA) is 72.7 Å². The molecule has 0 aliphatic heterocycles. The zero-order chi connectivity index (χ0) is 18.6. The molecule has 8 heteroatoms. The minimum absolute atomic E-state index is 0.00731. The Morgan fingerprint density at radius 3 is 2.78 bits per heavy atom. The van der Waals surface area contributed by atoms with Crippen molar-refractivity contribution in [2.24, 2.45) is 0 Å². The molecule has 2 heterocycles. The number of thiazole rings is 1. The first-order valence-corrected chi connectivity index (χ1v) is 10.2. The monoisotopic (exact) mass is 395 g/mol. The van der Waals surface area contributed by atoms with Gasteiger partial charge in [0.1, 0.15) is 12.7 Å². The summed E-state index contributed by atoms with van der Waals surface area (Å²) in [5.41, 5.74) is 2.95. The molecule has 0 aliphatic carbocycles. The van der Waals surface area contributed by atoms with Crippen LogP contribution in [-0.2, 0) is 4.79 Å². The molecule has 2 aromatic heterocycles. The van der Waals surface area contributed by atoms with Crippen LogP contribution in [0, 0.1) is 0 Å². The highest BCUT2D eigenvalue weighted by molar-refractivity contribution is 8.01. The third-order valence-electron chi connectivity index (χ3n) is 4.05. The van der Waals surface area contributed by atoms with E-state index in [9.17, 15) is 4.79 Å². The fourth-order valence-corrected chi connectivity index (χ4v) is 4.54. The minimum atomic E-state index is -0.0711. The van der Waals surface area contributed by atoms with Gasteiger partial charge in [-0.25, -0.2) is 14.6 Å². The Labute approximate surface area is 164 Å². The van der Waals surface area contributed by atoms with Crippen LogP contribution in [0.1, 0.15) is 18.5 Å². The van der Waals surface area contributed by atoms with Gasteiger partial charge in [-0.15, -0.1) is 11.3 Å². The second-order valence-corrected chi connectivity index (χ2v) is 8.21. The molecule has 0 spiro atoms. The number of nitrogens with zero attached hydrogens (tertiary/aromatic N) is 4. The van der Waals surface area contributed by atoms with Crippen LogP contribution in [0.4, 0.5) is 0 Å². The third-order valence-corrected chi connectivity index (χ3v) is 6.23. The van der Waals surface area contributed by atoms with Crippen molar-refractivity contribution in [3.8, 4) is 5.69 Å². The van der Waals surface area contributed by atoms with Gasteiger partial charge in [-0.3, -0.25) is 4.79 Å². The lowest BCUT2D eigenvalue weighted by Crippen LogP contribution is -2.28. The van der Waals surface area contributed by atoms with Crippen molar-refractivity contribution in [1.29, 1.82) is 0 Å². The van der Waals surface area contributed by atoms with E-state index < -0.39 is 0 Å². The third kappa shape index (κ3) is 4.17. The number of para-hydroxylation sites is 1. The van der Waals surface area contributed by atoms with E-state index in [4.69, 9.17) is 0 Å². The Kier molecular flexibility index (Phi) is 5.17. The number of carbonyl (C=O) groups is 1. The van der Waals surface area contributed by atoms with Gasteiger partial charge in [0.2, 0.25) is 5.91 Å². The molecule has 0 bridgehead atoms. The van der Waals surface area contributed by atoms with Crippen molar-refractivity contribution < 1.29 is 4.79 Å². The molecular weight excluding hydrogens is 378 g/mol. The van der Waals surface area contributed by atoms with E-state index >= 15 is 0 Å². The number of rotatable bonds is 6. The number of hydrogen-bond acceptors (Lipinski definition) is 6. The van der Waals surface area contributed by atoms with Crippen molar-refractivity contribution in [1.82, 2.24) is 25.1 Å². The summed E-state index contributed by atoms with van der Waals surface area (Å²) in [4.78, 5) is 20.8. The number of aromatic nitrogens is 4. The molecule has 4 aromatic rings. The van der Waals surface area contributed by atoms with Gasteiger partial charge in [-0.1, -0.05) is 36.0 Å². The van der Waals surface area contributed by atoms with E-state index in [0.717, 1.165) is 25.8 Å². The van der Waals surface area contributed by atoms with Crippen molar-refractivity contribution in [2.45, 2.75) is 17.3 Å². The van der Waals surface area contributed by atoms with Gasteiger partial charge in [0.25, 0.3) is 0 Å². The predicted octanol–water partition coefficient (Wildman–Crippen LogP) is 3.85. The van der Waals surface area contributed by atoms with E-state index in [-0.39, 0.29) is 11.9 Å². The molecule has 0 saturated carbocycles. The first-order valence-electron chi connectivity index (χ1n) is 8.42. The Morgan fingerprint density at radius 2 is 2.04 bits per heavy atom. The van der Waals surface area contributed by atoms with Crippen LogP contribution < -0.4 is 5.32 Å². The molecular formula is C19H17N5OS2. The van der Waals surface area contributed by atoms with Gasteiger partial charge >= 0.3 is 0 Å². The first kappa shape index (κ1) is 17.7. The molecule has 2 aromatic carbocycles. The number of nitrogens with one attached hydrogen (secondary N) is 1. The zero-order valence-corrected chi connectivity index (χ0v) is 16.2. The molecule has 0 radical (unpaired) electrons. The van der Waals surface area contributed by atoms with Crippen molar-refractivity contribution in [3.63, 3.8) is 0 Å². The molecule has 0 fully saturated rings. The number of fused-ring (bicyclic) bond motifs is 1. The lowest BCUT2D eigenvalue weighted by molar-refractivity contribution is -0.119. The van der Waals surface area contributed by atoms with E-state index in [2.05, 4.69) is 20.4 Å². The number of carbonyl (C=O) groups excluding carboxylic acids is 1. The summed E-state index contributed by atoms with van der Waals surface area (Å²) >= 11 is 3.08. The van der Waals surface area contributed by atoms with Gasteiger partial charge in [0.05, 0.1) is 27.7 Å². The highest BCUT2D eigenvalue weighted by Gasteiger charge is 2.12. The van der Waals surface area contributed by atoms with Crippen molar-refractivity contribution in [3.05, 3.63) is 66.7 Å². The van der Waals surface area contributed by atoms with E-state index in [1.165, 1.54) is 18.1 Å². The van der Waals surface area contributed by atoms with Gasteiger partial charge in [-0.05, 0) is 36.8 Å². The molecule has 136 valence electrons. The smallest absolute Gasteiger partial charge is 0.230 e. The number of hydrogen-bond donors (Lipinski definition) is 1. The first-order chi connectivity index (χ1) is 13.2. The fraction of sp³-hybridized carbons (Fsp3) is 0.158. The summed E-state index contributed by atoms with van der Waals surface area (Å²) in [6, 6.07) is 15.8. The highest BCUT2D eigenvalue weighted by atomic mass is 32.2. The standard InChI is InChI=1S/C19H17N5OS2/c1-13(14-6-8-15(9-7-14)24-12-20-11-21-24)22-18(25)10-26-19-23-16-4-2-3-5-17(16)27-19/h2-9,11-13H,10H2,1H3,(H,22,25). The number of amides is 1. The Hall–Kier alpha value is -2.71. The fourth-order valence-electron chi connectivity index (χ4n) is 2.66. The Balaban J connectivity index is 1.33. The largest absolute Gasteiger partial charge is 0.349 e. The van der Waals surface area contributed by atoms with Crippen LogP contribution in [0.3, 0.4) is 0 Å². The van der Waals surface area contributed by atoms with Crippen LogP contribution in [0.2, 0.25) is 0 Å². The molecule has 27 heavy (non-hydrogen) atoms. The Morgan fingerprint density at radius 1 is 1.22 bits per heavy atom. The van der Waals surface area contributed by atoms with E-state index in [1.54, 1.807) is 22.3 Å². The van der Waals surface area contributed by atoms with Gasteiger partial charge in [0.15, 0.2) is 4.34 Å². The summed E-state index contributed by atoms with van der Waals surface area (Å²) in [6.45, 7) is 1.98. The quantitative estimate of drug-likeness (QED) is 0.502. The maximum atomic E-state index is 12.3. The maximum absolute atomic E-state index is 12.3. The molecule has 1 unspecified atom stereocenters. The van der Waals surface area contributed by atoms with Gasteiger partial charge in [-0.2, -0.15) is 5.10 Å². The lowest BCUT2D eigenvalue weighted by atomic mass is 10.1. The number of benzene rings is 2. The van der Waals surface area contributed by atoms with Crippen LogP contribution in [0.5, 0.6) is 0 Å². The summed E-state index contributed by atoms with van der Waals surface area (Å²) in [5, 5.41) is 7.14. The summed E-state index contributed by atoms with van der Waals surface area (Å²) < 4.78 is 3.75. The highest BCUT2D eigenvalue weighted by Crippen LogP contribution is 2.29. The van der Waals surface area contributed by atoms with Crippen LogP contribution in [0.25, 0.3) is 15.9 Å². The summed E-state index contributed by atoms with van der Waals surface area (Å²) in [6.07, 6.45) is 3.15. The molecule has 0 saturated heterocycles. The van der Waals surface area contributed by atoms with Crippen LogP contribution >= 0.6 is 23.1 Å². The minimum Gasteiger partial charge on any atom is -0.349 e. The zero-order valence-electron chi connectivity index (χ0n) is 14.6.